The Morgan fingerprint density at radius 1 is 0.956 bits per heavy atom. The molecule has 0 radical (unpaired) electrons. The van der Waals surface area contributed by atoms with Gasteiger partial charge in [0.05, 0.1) is 23.6 Å². The van der Waals surface area contributed by atoms with E-state index >= 15 is 0 Å². The molecule has 0 atom stereocenters. The highest BCUT2D eigenvalue weighted by Crippen LogP contribution is 2.38. The first-order valence-corrected chi connectivity index (χ1v) is 18.0. The highest BCUT2D eigenvalue weighted by Gasteiger charge is 2.38. The van der Waals surface area contributed by atoms with E-state index in [9.17, 15) is 27.6 Å². The third-order valence-electron chi connectivity index (χ3n) is 8.83. The maximum atomic E-state index is 14.0. The van der Waals surface area contributed by atoms with Crippen LogP contribution in [0.3, 0.4) is 0 Å². The van der Waals surface area contributed by atoms with Crippen LogP contribution < -0.4 is 16.4 Å². The minimum atomic E-state index is -3.79. The van der Waals surface area contributed by atoms with E-state index in [-0.39, 0.29) is 46.3 Å². The van der Waals surface area contributed by atoms with E-state index in [2.05, 4.69) is 10.6 Å². The van der Waals surface area contributed by atoms with Gasteiger partial charge in [-0.05, 0) is 68.9 Å². The number of carbonyl (C=O) groups excluding carboxylic acids is 4. The van der Waals surface area contributed by atoms with Crippen molar-refractivity contribution in [1.82, 2.24) is 14.5 Å². The van der Waals surface area contributed by atoms with Crippen molar-refractivity contribution in [3.63, 3.8) is 0 Å². The molecule has 5 amide bonds. The summed E-state index contributed by atoms with van der Waals surface area (Å²) in [6.45, 7) is 2.40. The molecule has 12 nitrogen and oxygen atoms in total. The average molecular weight is 660 g/mol. The third kappa shape index (κ3) is 7.33. The maximum absolute atomic E-state index is 14.0. The number of urea groups is 1. The number of amides is 5. The zero-order valence-electron chi connectivity index (χ0n) is 25.5. The molecule has 244 valence electrons. The summed E-state index contributed by atoms with van der Waals surface area (Å²) in [6, 6.07) is 4.84. The van der Waals surface area contributed by atoms with Crippen molar-refractivity contribution < 1.29 is 32.3 Å². The summed E-state index contributed by atoms with van der Waals surface area (Å²) in [5.41, 5.74) is 6.13. The van der Waals surface area contributed by atoms with Crippen molar-refractivity contribution in [3.05, 3.63) is 45.8 Å². The van der Waals surface area contributed by atoms with Crippen LogP contribution in [0.5, 0.6) is 0 Å². The molecule has 2 aliphatic carbocycles. The molecule has 1 aliphatic heterocycles. The van der Waals surface area contributed by atoms with Crippen LogP contribution in [0, 0.1) is 0 Å². The van der Waals surface area contributed by atoms with Crippen LogP contribution >= 0.6 is 11.3 Å². The van der Waals surface area contributed by atoms with Gasteiger partial charge < -0.3 is 20.7 Å². The predicted molar refractivity (Wildman–Crippen MR) is 170 cm³/mol. The summed E-state index contributed by atoms with van der Waals surface area (Å²) >= 11 is 1.13. The number of thiophene rings is 1. The second-order valence-corrected chi connectivity index (χ2v) is 14.7. The first-order chi connectivity index (χ1) is 21.6. The van der Waals surface area contributed by atoms with E-state index in [0.717, 1.165) is 75.5 Å². The normalized spacial score (nSPS) is 17.9. The predicted octanol–water partition coefficient (Wildman–Crippen LogP) is 4.98. The molecule has 0 saturated heterocycles. The number of nitrogens with zero attached hydrogens (tertiary/aromatic N) is 2. The molecule has 45 heavy (non-hydrogen) atoms. The molecule has 0 unspecified atom stereocenters. The van der Waals surface area contributed by atoms with Gasteiger partial charge in [-0.2, -0.15) is 4.31 Å². The summed E-state index contributed by atoms with van der Waals surface area (Å²) in [7, 11) is -3.79. The number of nitrogens with two attached hydrogens (primary N) is 1. The van der Waals surface area contributed by atoms with Crippen molar-refractivity contribution in [1.29, 1.82) is 0 Å². The summed E-state index contributed by atoms with van der Waals surface area (Å²) in [6.07, 6.45) is 9.64. The van der Waals surface area contributed by atoms with E-state index < -0.39 is 34.0 Å². The Labute approximate surface area is 267 Å². The van der Waals surface area contributed by atoms with Crippen molar-refractivity contribution in [3.8, 4) is 0 Å². The molecule has 3 aliphatic rings. The van der Waals surface area contributed by atoms with Crippen LogP contribution in [0.15, 0.2) is 29.2 Å². The SMILES string of the molecule is CCOC(=O)N1CCc2c(sc(NC(=O)c3ccc(S(=O)(=O)N(C4CCCCC4)C4CCCCC4)cc3)c2C(=O)NC(N)=O)C1. The molecule has 2 fully saturated rings. The van der Waals surface area contributed by atoms with Gasteiger partial charge in [0.2, 0.25) is 10.0 Å². The minimum absolute atomic E-state index is 0.00981. The standard InChI is InChI=1S/C31H41N5O7S2/c1-2-43-31(40)35-18-17-24-25(19-35)44-29(26(24)28(38)34-30(32)39)33-27(37)20-13-15-23(16-14-20)45(41,42)36(21-9-5-3-6-10-21)22-11-7-4-8-12-22/h13-16,21-22H,2-12,17-19H2,1H3,(H,33,37)(H3,32,34,38,39). The number of fused-ring (bicyclic) bond motifs is 1. The van der Waals surface area contributed by atoms with Gasteiger partial charge in [-0.1, -0.05) is 38.5 Å². The molecule has 1 aromatic carbocycles. The first-order valence-electron chi connectivity index (χ1n) is 15.7. The van der Waals surface area contributed by atoms with Gasteiger partial charge in [0.15, 0.2) is 0 Å². The lowest BCUT2D eigenvalue weighted by Crippen LogP contribution is -2.48. The highest BCUT2D eigenvalue weighted by atomic mass is 32.2. The topological polar surface area (TPSA) is 168 Å². The lowest BCUT2D eigenvalue weighted by molar-refractivity contribution is 0.0965. The van der Waals surface area contributed by atoms with Crippen molar-refractivity contribution in [2.24, 2.45) is 5.73 Å². The number of sulfonamides is 1. The van der Waals surface area contributed by atoms with Gasteiger partial charge >= 0.3 is 12.1 Å². The number of primary amides is 1. The van der Waals surface area contributed by atoms with Crippen molar-refractivity contribution in [2.45, 2.75) is 101 Å². The van der Waals surface area contributed by atoms with Gasteiger partial charge in [-0.15, -0.1) is 11.3 Å². The van der Waals surface area contributed by atoms with E-state index in [0.29, 0.717) is 23.4 Å². The van der Waals surface area contributed by atoms with Crippen LogP contribution in [-0.2, 0) is 27.7 Å². The second-order valence-electron chi connectivity index (χ2n) is 11.8. The van der Waals surface area contributed by atoms with Gasteiger partial charge in [0, 0.05) is 29.1 Å². The Kier molecular flexibility index (Phi) is 10.4. The summed E-state index contributed by atoms with van der Waals surface area (Å²) < 4.78 is 35.0. The van der Waals surface area contributed by atoms with Gasteiger partial charge in [-0.25, -0.2) is 18.0 Å². The fourth-order valence-corrected chi connectivity index (χ4v) is 9.90. The van der Waals surface area contributed by atoms with Crippen LogP contribution in [0.4, 0.5) is 14.6 Å². The molecule has 1 aromatic heterocycles. The van der Waals surface area contributed by atoms with Gasteiger partial charge in [0.25, 0.3) is 11.8 Å². The number of imide groups is 1. The molecule has 2 heterocycles. The molecule has 0 bridgehead atoms. The number of nitrogens with one attached hydrogen (secondary N) is 2. The summed E-state index contributed by atoms with van der Waals surface area (Å²) in [4.78, 5) is 52.5. The monoisotopic (exact) mass is 659 g/mol. The number of hydrogen-bond donors (Lipinski definition) is 3. The largest absolute Gasteiger partial charge is 0.450 e. The molecule has 0 spiro atoms. The molecule has 2 aromatic rings. The number of rotatable bonds is 8. The Morgan fingerprint density at radius 3 is 2.11 bits per heavy atom. The van der Waals surface area contributed by atoms with Crippen LogP contribution in [0.25, 0.3) is 0 Å². The summed E-state index contributed by atoms with van der Waals surface area (Å²) in [5.74, 6) is -1.31. The average Bonchev–Trinajstić information content (AvgIpc) is 3.39. The Bertz CT molecular complexity index is 1510. The number of hydrogen-bond acceptors (Lipinski definition) is 8. The molecule has 5 rings (SSSR count). The molecule has 2 saturated carbocycles. The Balaban J connectivity index is 1.38. The van der Waals surface area contributed by atoms with E-state index in [1.807, 2.05) is 0 Å². The Morgan fingerprint density at radius 2 is 1.56 bits per heavy atom. The molecule has 4 N–H and O–H groups in total. The fraction of sp³-hybridized carbons (Fsp3) is 0.548. The van der Waals surface area contributed by atoms with E-state index in [1.165, 1.54) is 29.2 Å². The smallest absolute Gasteiger partial charge is 0.410 e. The lowest BCUT2D eigenvalue weighted by atomic mass is 9.91. The summed E-state index contributed by atoms with van der Waals surface area (Å²) in [5, 5.41) is 5.03. The number of anilines is 1. The quantitative estimate of drug-likeness (QED) is 0.359. The highest BCUT2D eigenvalue weighted by molar-refractivity contribution is 7.89. The molecular formula is C31H41N5O7S2. The minimum Gasteiger partial charge on any atom is -0.450 e. The zero-order valence-corrected chi connectivity index (χ0v) is 27.1. The number of ether oxygens (including phenoxy) is 1. The third-order valence-corrected chi connectivity index (χ3v) is 12.0. The fourth-order valence-electron chi connectivity index (χ4n) is 6.71. The van der Waals surface area contributed by atoms with E-state index in [4.69, 9.17) is 10.5 Å². The maximum Gasteiger partial charge on any atom is 0.410 e. The van der Waals surface area contributed by atoms with E-state index in [1.54, 1.807) is 11.2 Å². The van der Waals surface area contributed by atoms with Gasteiger partial charge in [-0.3, -0.25) is 14.9 Å². The first kappa shape index (κ1) is 32.9. The van der Waals surface area contributed by atoms with Gasteiger partial charge in [0.1, 0.15) is 5.00 Å². The second kappa shape index (κ2) is 14.3. The number of benzene rings is 1. The van der Waals surface area contributed by atoms with Crippen LogP contribution in [0.2, 0.25) is 0 Å². The zero-order chi connectivity index (χ0) is 32.1. The van der Waals surface area contributed by atoms with Crippen LogP contribution in [0.1, 0.15) is 102 Å². The van der Waals surface area contributed by atoms with Crippen LogP contribution in [-0.4, -0.2) is 66.8 Å². The molecular weight excluding hydrogens is 619 g/mol. The Hall–Kier alpha value is -3.49. The van der Waals surface area contributed by atoms with Crippen molar-refractivity contribution >= 4 is 50.3 Å². The van der Waals surface area contributed by atoms with Crippen molar-refractivity contribution in [2.75, 3.05) is 18.5 Å². The molecule has 14 heteroatoms. The number of carbonyl (C=O) groups is 4. The lowest BCUT2D eigenvalue weighted by Gasteiger charge is -2.40.